The molecule has 0 aliphatic rings. The molecule has 3 aromatic rings. The van der Waals surface area contributed by atoms with Gasteiger partial charge in [0.05, 0.1) is 19.4 Å². The van der Waals surface area contributed by atoms with Crippen LogP contribution in [0.15, 0.2) is 62.1 Å². The smallest absolute Gasteiger partial charge is 0.281 e. The van der Waals surface area contributed by atoms with Crippen LogP contribution in [0.25, 0.3) is 0 Å². The number of para-hydroxylation sites is 1. The fourth-order valence-corrected chi connectivity index (χ4v) is 2.68. The van der Waals surface area contributed by atoms with Crippen LogP contribution in [0.4, 0.5) is 11.4 Å². The highest BCUT2D eigenvalue weighted by Gasteiger charge is 2.20. The SMILES string of the molecule is CCOc1ccccc1N=Nc1c(C)c(C#N)c(O)n(Cc2ccco2)c1=O. The molecule has 8 nitrogen and oxygen atoms in total. The maximum atomic E-state index is 12.9. The topological polar surface area (TPSA) is 113 Å². The van der Waals surface area contributed by atoms with Crippen molar-refractivity contribution in [3.63, 3.8) is 0 Å². The van der Waals surface area contributed by atoms with Crippen LogP contribution in [-0.4, -0.2) is 16.3 Å². The van der Waals surface area contributed by atoms with E-state index < -0.39 is 11.4 Å². The monoisotopic (exact) mass is 378 g/mol. The van der Waals surface area contributed by atoms with E-state index >= 15 is 0 Å². The van der Waals surface area contributed by atoms with Crippen LogP contribution >= 0.6 is 0 Å². The lowest BCUT2D eigenvalue weighted by Crippen LogP contribution is -2.22. The maximum absolute atomic E-state index is 12.9. The molecule has 0 aliphatic carbocycles. The first kappa shape index (κ1) is 18.9. The Bertz CT molecular complexity index is 1110. The first-order valence-electron chi connectivity index (χ1n) is 8.59. The second kappa shape index (κ2) is 8.22. The molecule has 0 atom stereocenters. The van der Waals surface area contributed by atoms with Crippen LogP contribution in [-0.2, 0) is 6.54 Å². The molecule has 0 saturated heterocycles. The zero-order valence-corrected chi connectivity index (χ0v) is 15.4. The molecule has 0 amide bonds. The van der Waals surface area contributed by atoms with E-state index in [0.717, 1.165) is 4.57 Å². The summed E-state index contributed by atoms with van der Waals surface area (Å²) >= 11 is 0. The number of hydrogen-bond acceptors (Lipinski definition) is 7. The van der Waals surface area contributed by atoms with Gasteiger partial charge in [-0.2, -0.15) is 5.26 Å². The summed E-state index contributed by atoms with van der Waals surface area (Å²) in [6, 6.07) is 12.3. The molecule has 0 spiro atoms. The van der Waals surface area contributed by atoms with E-state index in [0.29, 0.717) is 23.8 Å². The Hall–Kier alpha value is -3.86. The standard InChI is InChI=1S/C20H18N4O4/c1-3-27-17-9-5-4-8-16(17)22-23-18-13(2)15(11-21)19(25)24(20(18)26)12-14-7-6-10-28-14/h4-10,25H,3,12H2,1-2H3. The Morgan fingerprint density at radius 1 is 1.25 bits per heavy atom. The molecule has 0 saturated carbocycles. The van der Waals surface area contributed by atoms with Gasteiger partial charge in [-0.1, -0.05) is 12.1 Å². The number of nitriles is 1. The van der Waals surface area contributed by atoms with Gasteiger partial charge < -0.3 is 14.3 Å². The molecular formula is C20H18N4O4. The van der Waals surface area contributed by atoms with E-state index in [9.17, 15) is 15.2 Å². The van der Waals surface area contributed by atoms with Gasteiger partial charge in [-0.3, -0.25) is 9.36 Å². The average molecular weight is 378 g/mol. The molecule has 0 radical (unpaired) electrons. The zero-order chi connectivity index (χ0) is 20.1. The molecule has 0 aliphatic heterocycles. The van der Waals surface area contributed by atoms with Crippen LogP contribution in [0.5, 0.6) is 11.6 Å². The Balaban J connectivity index is 2.11. The Kier molecular flexibility index (Phi) is 5.56. The van der Waals surface area contributed by atoms with Crippen molar-refractivity contribution in [3.8, 4) is 17.7 Å². The van der Waals surface area contributed by atoms with Gasteiger partial charge in [0, 0.05) is 5.56 Å². The van der Waals surface area contributed by atoms with Gasteiger partial charge in [0.1, 0.15) is 28.8 Å². The molecule has 8 heteroatoms. The van der Waals surface area contributed by atoms with Crippen molar-refractivity contribution < 1.29 is 14.3 Å². The summed E-state index contributed by atoms with van der Waals surface area (Å²) in [7, 11) is 0. The highest BCUT2D eigenvalue weighted by Crippen LogP contribution is 2.31. The Morgan fingerprint density at radius 3 is 2.71 bits per heavy atom. The molecule has 28 heavy (non-hydrogen) atoms. The molecule has 0 fully saturated rings. The number of hydrogen-bond donors (Lipinski definition) is 1. The third-order valence-corrected chi connectivity index (χ3v) is 4.09. The minimum absolute atomic E-state index is 0.0350. The number of azo groups is 1. The van der Waals surface area contributed by atoms with Crippen LogP contribution in [0, 0.1) is 18.3 Å². The fraction of sp³-hybridized carbons (Fsp3) is 0.200. The van der Waals surface area contributed by atoms with Gasteiger partial charge in [-0.25, -0.2) is 0 Å². The number of rotatable bonds is 6. The second-order valence-corrected chi connectivity index (χ2v) is 5.86. The zero-order valence-electron chi connectivity index (χ0n) is 15.4. The number of benzene rings is 1. The van der Waals surface area contributed by atoms with Gasteiger partial charge in [-0.15, -0.1) is 10.2 Å². The van der Waals surface area contributed by atoms with E-state index in [1.807, 2.05) is 13.0 Å². The lowest BCUT2D eigenvalue weighted by atomic mass is 10.1. The van der Waals surface area contributed by atoms with E-state index in [1.54, 1.807) is 43.3 Å². The fourth-order valence-electron chi connectivity index (χ4n) is 2.68. The quantitative estimate of drug-likeness (QED) is 0.646. The van der Waals surface area contributed by atoms with Crippen molar-refractivity contribution >= 4 is 11.4 Å². The summed E-state index contributed by atoms with van der Waals surface area (Å²) in [5, 5.41) is 28.0. The predicted octanol–water partition coefficient (Wildman–Crippen LogP) is 4.19. The summed E-state index contributed by atoms with van der Waals surface area (Å²) < 4.78 is 11.8. The molecule has 1 aromatic carbocycles. The third-order valence-electron chi connectivity index (χ3n) is 4.09. The van der Waals surface area contributed by atoms with Crippen molar-refractivity contribution in [3.05, 3.63) is 69.9 Å². The minimum atomic E-state index is -0.581. The van der Waals surface area contributed by atoms with Gasteiger partial charge in [-0.05, 0) is 38.1 Å². The second-order valence-electron chi connectivity index (χ2n) is 5.86. The van der Waals surface area contributed by atoms with Crippen molar-refractivity contribution in [1.82, 2.24) is 4.57 Å². The number of aromatic nitrogens is 1. The lowest BCUT2D eigenvalue weighted by molar-refractivity contribution is 0.341. The highest BCUT2D eigenvalue weighted by atomic mass is 16.5. The molecule has 2 heterocycles. The maximum Gasteiger partial charge on any atom is 0.281 e. The van der Waals surface area contributed by atoms with Crippen molar-refractivity contribution in [1.29, 1.82) is 5.26 Å². The molecular weight excluding hydrogens is 360 g/mol. The largest absolute Gasteiger partial charge is 0.493 e. The van der Waals surface area contributed by atoms with Crippen LogP contribution in [0.3, 0.4) is 0 Å². The van der Waals surface area contributed by atoms with Crippen LogP contribution < -0.4 is 10.3 Å². The van der Waals surface area contributed by atoms with Gasteiger partial charge >= 0.3 is 0 Å². The van der Waals surface area contributed by atoms with E-state index in [1.165, 1.54) is 6.26 Å². The summed E-state index contributed by atoms with van der Waals surface area (Å²) in [5.41, 5.74) is 0.0408. The Labute approximate surface area is 161 Å². The average Bonchev–Trinajstić information content (AvgIpc) is 3.20. The normalized spacial score (nSPS) is 10.9. The number of furan rings is 1. The highest BCUT2D eigenvalue weighted by molar-refractivity contribution is 5.57. The van der Waals surface area contributed by atoms with E-state index in [-0.39, 0.29) is 23.4 Å². The summed E-state index contributed by atoms with van der Waals surface area (Å²) in [5.74, 6) is 0.548. The van der Waals surface area contributed by atoms with E-state index in [2.05, 4.69) is 10.2 Å². The molecule has 1 N–H and O–H groups in total. The number of ether oxygens (including phenoxy) is 1. The molecule has 3 rings (SSSR count). The molecule has 0 bridgehead atoms. The minimum Gasteiger partial charge on any atom is -0.493 e. The molecule has 2 aromatic heterocycles. The predicted molar refractivity (Wildman–Crippen MR) is 101 cm³/mol. The summed E-state index contributed by atoms with van der Waals surface area (Å²) in [6.45, 7) is 3.81. The van der Waals surface area contributed by atoms with Gasteiger partial charge in [0.2, 0.25) is 5.88 Å². The lowest BCUT2D eigenvalue weighted by Gasteiger charge is -2.12. The van der Waals surface area contributed by atoms with Crippen molar-refractivity contribution in [2.24, 2.45) is 10.2 Å². The van der Waals surface area contributed by atoms with Crippen LogP contribution in [0.2, 0.25) is 0 Å². The third kappa shape index (κ3) is 3.64. The van der Waals surface area contributed by atoms with Gasteiger partial charge in [0.15, 0.2) is 5.69 Å². The first-order valence-corrected chi connectivity index (χ1v) is 8.59. The number of aromatic hydroxyl groups is 1. The Morgan fingerprint density at radius 2 is 2.04 bits per heavy atom. The summed E-state index contributed by atoms with van der Waals surface area (Å²) in [6.07, 6.45) is 1.46. The van der Waals surface area contributed by atoms with Gasteiger partial charge in [0.25, 0.3) is 5.56 Å². The first-order chi connectivity index (χ1) is 13.6. The van der Waals surface area contributed by atoms with Crippen molar-refractivity contribution in [2.75, 3.05) is 6.61 Å². The van der Waals surface area contributed by atoms with Crippen LogP contribution in [0.1, 0.15) is 23.8 Å². The number of pyridine rings is 1. The summed E-state index contributed by atoms with van der Waals surface area (Å²) in [4.78, 5) is 12.9. The molecule has 142 valence electrons. The molecule has 0 unspecified atom stereocenters. The van der Waals surface area contributed by atoms with Crippen molar-refractivity contribution in [2.45, 2.75) is 20.4 Å². The van der Waals surface area contributed by atoms with E-state index in [4.69, 9.17) is 9.15 Å². The number of nitrogens with zero attached hydrogens (tertiary/aromatic N) is 4.